The van der Waals surface area contributed by atoms with Gasteiger partial charge >= 0.3 is 5.97 Å². The van der Waals surface area contributed by atoms with Crippen molar-refractivity contribution in [2.75, 3.05) is 6.61 Å². The van der Waals surface area contributed by atoms with Gasteiger partial charge in [-0.15, -0.1) is 0 Å². The highest BCUT2D eigenvalue weighted by molar-refractivity contribution is 5.80. The van der Waals surface area contributed by atoms with Crippen molar-refractivity contribution in [1.82, 2.24) is 0 Å². The van der Waals surface area contributed by atoms with Crippen LogP contribution in [0.2, 0.25) is 0 Å². The number of rotatable bonds is 5. The van der Waals surface area contributed by atoms with E-state index >= 15 is 0 Å². The van der Waals surface area contributed by atoms with Gasteiger partial charge in [0.2, 0.25) is 0 Å². The quantitative estimate of drug-likeness (QED) is 0.485. The van der Waals surface area contributed by atoms with Crippen molar-refractivity contribution in [3.8, 4) is 0 Å². The van der Waals surface area contributed by atoms with Crippen LogP contribution in [0.4, 0.5) is 0 Å². The zero-order valence-electron chi connectivity index (χ0n) is 19.5. The van der Waals surface area contributed by atoms with Gasteiger partial charge < -0.3 is 9.84 Å². The number of unbranched alkanes of at least 4 members (excludes halogenated alkanes) is 1. The molecule has 0 aromatic heterocycles. The Hall–Kier alpha value is -0.900. The fraction of sp³-hybridized carbons (Fsp3) is 0.923. The van der Waals surface area contributed by atoms with E-state index in [0.717, 1.165) is 51.4 Å². The van der Waals surface area contributed by atoms with E-state index in [1.165, 1.54) is 6.42 Å². The highest BCUT2D eigenvalue weighted by atomic mass is 16.5. The molecule has 4 saturated carbocycles. The second kappa shape index (κ2) is 7.90. The van der Waals surface area contributed by atoms with Gasteiger partial charge in [0.15, 0.2) is 0 Å². The average molecular weight is 419 g/mol. The molecule has 4 aliphatic rings. The van der Waals surface area contributed by atoms with Crippen molar-refractivity contribution >= 4 is 11.8 Å². The molecule has 0 saturated heterocycles. The summed E-state index contributed by atoms with van der Waals surface area (Å²) in [6.45, 7) is 9.58. The zero-order valence-corrected chi connectivity index (χ0v) is 19.5. The minimum atomic E-state index is -0.933. The molecule has 0 amide bonds. The van der Waals surface area contributed by atoms with E-state index in [2.05, 4.69) is 27.7 Å². The molecule has 0 aromatic carbocycles. The molecule has 0 aromatic rings. The lowest BCUT2D eigenvalue weighted by Crippen LogP contribution is -2.58. The second-order valence-electron chi connectivity index (χ2n) is 11.6. The molecule has 0 spiro atoms. The zero-order chi connectivity index (χ0) is 21.7. The number of esters is 1. The van der Waals surface area contributed by atoms with Crippen LogP contribution in [0.5, 0.6) is 0 Å². The maximum absolute atomic E-state index is 12.5. The molecular formula is C26H42O4. The maximum Gasteiger partial charge on any atom is 0.308 e. The summed E-state index contributed by atoms with van der Waals surface area (Å²) in [6, 6.07) is 0. The molecule has 1 N–H and O–H groups in total. The molecular weight excluding hydrogens is 376 g/mol. The fourth-order valence-electron chi connectivity index (χ4n) is 8.50. The summed E-state index contributed by atoms with van der Waals surface area (Å²) in [4.78, 5) is 24.7. The van der Waals surface area contributed by atoms with Gasteiger partial charge in [-0.1, -0.05) is 34.1 Å². The summed E-state index contributed by atoms with van der Waals surface area (Å²) in [6.07, 6.45) is 9.73. The van der Waals surface area contributed by atoms with E-state index < -0.39 is 5.60 Å². The van der Waals surface area contributed by atoms with Crippen molar-refractivity contribution in [3.05, 3.63) is 0 Å². The number of aliphatic hydroxyl groups is 1. The molecule has 0 bridgehead atoms. The van der Waals surface area contributed by atoms with Crippen LogP contribution >= 0.6 is 0 Å². The Kier molecular flexibility index (Phi) is 5.87. The van der Waals surface area contributed by atoms with E-state index in [1.807, 2.05) is 0 Å². The minimum absolute atomic E-state index is 0.145. The number of ether oxygens (including phenoxy) is 1. The Bertz CT molecular complexity index is 689. The molecule has 4 rings (SSSR count). The van der Waals surface area contributed by atoms with E-state index in [4.69, 9.17) is 4.74 Å². The van der Waals surface area contributed by atoms with E-state index in [9.17, 15) is 14.7 Å². The first-order chi connectivity index (χ1) is 14.2. The smallest absolute Gasteiger partial charge is 0.308 e. The van der Waals surface area contributed by atoms with Gasteiger partial charge in [0.05, 0.1) is 18.6 Å². The van der Waals surface area contributed by atoms with Crippen molar-refractivity contribution in [1.29, 1.82) is 0 Å². The number of carbonyl (C=O) groups is 2. The predicted molar refractivity (Wildman–Crippen MR) is 117 cm³/mol. The summed E-state index contributed by atoms with van der Waals surface area (Å²) in [7, 11) is 0. The normalized spacial score (nSPS) is 47.9. The van der Waals surface area contributed by atoms with Gasteiger partial charge in [0.1, 0.15) is 5.78 Å². The van der Waals surface area contributed by atoms with Crippen LogP contribution in [-0.2, 0) is 14.3 Å². The summed E-state index contributed by atoms with van der Waals surface area (Å²) >= 11 is 0. The Labute approximate surface area is 182 Å². The first-order valence-corrected chi connectivity index (χ1v) is 12.6. The maximum atomic E-state index is 12.5. The van der Waals surface area contributed by atoms with Gasteiger partial charge in [-0.25, -0.2) is 0 Å². The summed E-state index contributed by atoms with van der Waals surface area (Å²) < 4.78 is 5.42. The third-order valence-corrected chi connectivity index (χ3v) is 10.6. The summed E-state index contributed by atoms with van der Waals surface area (Å²) in [5.74, 6) is 2.96. The van der Waals surface area contributed by atoms with Crippen molar-refractivity contribution in [3.63, 3.8) is 0 Å². The third kappa shape index (κ3) is 3.27. The highest BCUT2D eigenvalue weighted by Crippen LogP contribution is 2.69. The highest BCUT2D eigenvalue weighted by Gasteiger charge is 2.65. The molecule has 0 heterocycles. The molecule has 0 aliphatic heterocycles. The average Bonchev–Trinajstić information content (AvgIpc) is 2.94. The number of ketones is 1. The van der Waals surface area contributed by atoms with Gasteiger partial charge in [-0.05, 0) is 85.4 Å². The van der Waals surface area contributed by atoms with E-state index in [1.54, 1.807) is 0 Å². The van der Waals surface area contributed by atoms with Crippen molar-refractivity contribution < 1.29 is 19.4 Å². The number of Topliss-reactive ketones (excluding diaryl/α,β-unsaturated/α-hetero) is 1. The second-order valence-corrected chi connectivity index (χ2v) is 11.6. The van der Waals surface area contributed by atoms with Crippen LogP contribution in [0.1, 0.15) is 98.3 Å². The van der Waals surface area contributed by atoms with E-state index in [0.29, 0.717) is 48.4 Å². The molecule has 4 heteroatoms. The topological polar surface area (TPSA) is 63.6 Å². The SMILES string of the molecule is CCCCOC(=O)C[C@]1(O)CC[C@H]2[C@@H]3CC[C@H]4CC(=O)C[C@H](C)[C@]4(C)[C@H]3CC[C@@]21C. The summed E-state index contributed by atoms with van der Waals surface area (Å²) in [5, 5.41) is 11.7. The van der Waals surface area contributed by atoms with Crippen molar-refractivity contribution in [2.45, 2.75) is 104 Å². The van der Waals surface area contributed by atoms with Crippen LogP contribution in [0.3, 0.4) is 0 Å². The van der Waals surface area contributed by atoms with Crippen LogP contribution in [-0.4, -0.2) is 29.1 Å². The number of hydrogen-bond acceptors (Lipinski definition) is 4. The molecule has 4 fully saturated rings. The molecule has 8 atom stereocenters. The van der Waals surface area contributed by atoms with E-state index in [-0.39, 0.29) is 23.2 Å². The minimum Gasteiger partial charge on any atom is -0.466 e. The third-order valence-electron chi connectivity index (χ3n) is 10.6. The lowest BCUT2D eigenvalue weighted by Gasteiger charge is -2.62. The Morgan fingerprint density at radius 2 is 1.83 bits per heavy atom. The number of fused-ring (bicyclic) bond motifs is 5. The lowest BCUT2D eigenvalue weighted by molar-refractivity contribution is -0.177. The molecule has 4 nitrogen and oxygen atoms in total. The van der Waals surface area contributed by atoms with Crippen LogP contribution in [0.15, 0.2) is 0 Å². The fourth-order valence-corrected chi connectivity index (χ4v) is 8.50. The van der Waals surface area contributed by atoms with Gasteiger partial charge in [0, 0.05) is 12.8 Å². The molecule has 30 heavy (non-hydrogen) atoms. The molecule has 0 unspecified atom stereocenters. The van der Waals surface area contributed by atoms with Crippen LogP contribution in [0, 0.1) is 40.4 Å². The van der Waals surface area contributed by atoms with Gasteiger partial charge in [0.25, 0.3) is 0 Å². The Balaban J connectivity index is 1.52. The first-order valence-electron chi connectivity index (χ1n) is 12.6. The van der Waals surface area contributed by atoms with Gasteiger partial charge in [-0.2, -0.15) is 0 Å². The molecule has 0 radical (unpaired) electrons. The monoisotopic (exact) mass is 418 g/mol. The Morgan fingerprint density at radius 1 is 1.10 bits per heavy atom. The largest absolute Gasteiger partial charge is 0.466 e. The van der Waals surface area contributed by atoms with Crippen molar-refractivity contribution in [2.24, 2.45) is 40.4 Å². The predicted octanol–water partition coefficient (Wildman–Crippen LogP) is 5.31. The molecule has 170 valence electrons. The first kappa shape index (κ1) is 22.3. The standard InChI is InChI=1S/C26H42O4/c1-5-6-13-30-23(28)16-26(29)12-10-21-20-8-7-18-15-19(27)14-17(2)25(18,4)22(20)9-11-24(21,26)3/h17-18,20-22,29H,5-16H2,1-4H3/t17-,18-,20-,21-,22-,24-,25-,26+/m0/s1. The molecule has 4 aliphatic carbocycles. The van der Waals surface area contributed by atoms with Crippen LogP contribution in [0.25, 0.3) is 0 Å². The van der Waals surface area contributed by atoms with Gasteiger partial charge in [-0.3, -0.25) is 9.59 Å². The van der Waals surface area contributed by atoms with Crippen LogP contribution < -0.4 is 0 Å². The number of carbonyl (C=O) groups excluding carboxylic acids is 2. The Morgan fingerprint density at radius 3 is 2.57 bits per heavy atom. The lowest BCUT2D eigenvalue weighted by atomic mass is 9.42. The summed E-state index contributed by atoms with van der Waals surface area (Å²) in [5.41, 5.74) is -0.884. The number of hydrogen-bond donors (Lipinski definition) is 1.